The van der Waals surface area contributed by atoms with E-state index in [1.165, 1.54) is 12.3 Å². The number of nitrogens with zero attached hydrogens (tertiary/aromatic N) is 2. The minimum Gasteiger partial charge on any atom is -0.396 e. The lowest BCUT2D eigenvalue weighted by Gasteiger charge is -2.05. The Balaban J connectivity index is 1.89. The maximum atomic E-state index is 12.9. The van der Waals surface area contributed by atoms with E-state index in [-0.39, 0.29) is 5.56 Å². The highest BCUT2D eigenvalue weighted by molar-refractivity contribution is 5.94. The van der Waals surface area contributed by atoms with Gasteiger partial charge in [0.15, 0.2) is 11.6 Å². The van der Waals surface area contributed by atoms with Gasteiger partial charge in [0, 0.05) is 18.3 Å². The molecule has 1 aromatic heterocycles. The molecule has 0 aliphatic heterocycles. The largest absolute Gasteiger partial charge is 0.396 e. The predicted octanol–water partition coefficient (Wildman–Crippen LogP) is 1.17. The van der Waals surface area contributed by atoms with E-state index in [0.717, 1.165) is 12.1 Å². The molecule has 5 nitrogen and oxygen atoms in total. The average molecular weight is 266 g/mol. The van der Waals surface area contributed by atoms with E-state index in [9.17, 15) is 13.6 Å². The molecule has 2 rings (SSSR count). The summed E-state index contributed by atoms with van der Waals surface area (Å²) < 4.78 is 27.2. The van der Waals surface area contributed by atoms with Crippen molar-refractivity contribution in [3.63, 3.8) is 0 Å². The zero-order chi connectivity index (χ0) is 13.8. The summed E-state index contributed by atoms with van der Waals surface area (Å²) in [5.74, 6) is -2.50. The molecule has 0 saturated heterocycles. The summed E-state index contributed by atoms with van der Waals surface area (Å²) in [6.45, 7) is 0.742. The molecule has 0 spiro atoms. The molecular formula is C12H12F2N4O. The number of aromatic nitrogens is 2. The Kier molecular flexibility index (Phi) is 3.74. The van der Waals surface area contributed by atoms with Gasteiger partial charge in [-0.3, -0.25) is 9.48 Å². The van der Waals surface area contributed by atoms with Crippen molar-refractivity contribution >= 4 is 11.6 Å². The van der Waals surface area contributed by atoms with E-state index in [1.807, 2.05) is 0 Å². The highest BCUT2D eigenvalue weighted by Crippen LogP contribution is 2.08. The fourth-order valence-corrected chi connectivity index (χ4v) is 1.53. The second-order valence-corrected chi connectivity index (χ2v) is 3.92. The lowest BCUT2D eigenvalue weighted by Crippen LogP contribution is -2.27. The van der Waals surface area contributed by atoms with Crippen LogP contribution in [-0.4, -0.2) is 22.2 Å². The van der Waals surface area contributed by atoms with Gasteiger partial charge < -0.3 is 11.1 Å². The molecule has 0 aliphatic carbocycles. The third-order valence-electron chi connectivity index (χ3n) is 2.46. The molecule has 7 heteroatoms. The second kappa shape index (κ2) is 5.47. The molecule has 19 heavy (non-hydrogen) atoms. The van der Waals surface area contributed by atoms with Crippen molar-refractivity contribution in [2.45, 2.75) is 6.54 Å². The number of nitrogens with one attached hydrogen (secondary N) is 1. The Hall–Kier alpha value is -2.44. The number of nitrogen functional groups attached to an aromatic ring is 1. The van der Waals surface area contributed by atoms with E-state index >= 15 is 0 Å². The third-order valence-corrected chi connectivity index (χ3v) is 2.46. The van der Waals surface area contributed by atoms with Gasteiger partial charge in [-0.05, 0) is 18.2 Å². The molecule has 0 saturated carbocycles. The lowest BCUT2D eigenvalue weighted by atomic mass is 10.2. The molecule has 100 valence electrons. The summed E-state index contributed by atoms with van der Waals surface area (Å²) in [7, 11) is 0. The Morgan fingerprint density at radius 1 is 1.37 bits per heavy atom. The number of benzene rings is 1. The maximum absolute atomic E-state index is 12.9. The molecule has 0 aliphatic rings. The topological polar surface area (TPSA) is 72.9 Å². The lowest BCUT2D eigenvalue weighted by molar-refractivity contribution is 0.0951. The van der Waals surface area contributed by atoms with Gasteiger partial charge in [0.1, 0.15) is 0 Å². The molecule has 0 unspecified atom stereocenters. The molecule has 2 aromatic rings. The van der Waals surface area contributed by atoms with Crippen molar-refractivity contribution in [2.24, 2.45) is 0 Å². The molecule has 0 radical (unpaired) electrons. The molecule has 3 N–H and O–H groups in total. The van der Waals surface area contributed by atoms with Gasteiger partial charge >= 0.3 is 0 Å². The second-order valence-electron chi connectivity index (χ2n) is 3.92. The van der Waals surface area contributed by atoms with E-state index in [1.54, 1.807) is 10.9 Å². The molecule has 1 amide bonds. The fourth-order valence-electron chi connectivity index (χ4n) is 1.53. The van der Waals surface area contributed by atoms with E-state index in [4.69, 9.17) is 5.73 Å². The summed E-state index contributed by atoms with van der Waals surface area (Å²) in [4.78, 5) is 11.6. The van der Waals surface area contributed by atoms with Crippen LogP contribution in [0.3, 0.4) is 0 Å². The first kappa shape index (κ1) is 13.0. The van der Waals surface area contributed by atoms with Crippen LogP contribution in [0.2, 0.25) is 0 Å². The normalized spacial score (nSPS) is 10.4. The molecule has 0 atom stereocenters. The van der Waals surface area contributed by atoms with Gasteiger partial charge in [0.25, 0.3) is 5.91 Å². The first-order valence-corrected chi connectivity index (χ1v) is 5.57. The van der Waals surface area contributed by atoms with E-state index in [0.29, 0.717) is 18.8 Å². The van der Waals surface area contributed by atoms with Gasteiger partial charge in [0.2, 0.25) is 0 Å². The van der Waals surface area contributed by atoms with Crippen LogP contribution < -0.4 is 11.1 Å². The van der Waals surface area contributed by atoms with Gasteiger partial charge in [-0.15, -0.1) is 0 Å². The summed E-state index contributed by atoms with van der Waals surface area (Å²) in [5.41, 5.74) is 6.09. The zero-order valence-electron chi connectivity index (χ0n) is 9.94. The van der Waals surface area contributed by atoms with Crippen LogP contribution in [0.1, 0.15) is 10.4 Å². The van der Waals surface area contributed by atoms with Crippen LogP contribution in [0.15, 0.2) is 30.6 Å². The van der Waals surface area contributed by atoms with Crippen LogP contribution in [0.4, 0.5) is 14.5 Å². The SMILES string of the molecule is Nc1cnn(CCNC(=O)c2ccc(F)c(F)c2)c1. The van der Waals surface area contributed by atoms with E-state index < -0.39 is 17.5 Å². The van der Waals surface area contributed by atoms with Crippen molar-refractivity contribution in [2.75, 3.05) is 12.3 Å². The predicted molar refractivity (Wildman–Crippen MR) is 65.3 cm³/mol. The Morgan fingerprint density at radius 2 is 2.16 bits per heavy atom. The van der Waals surface area contributed by atoms with E-state index in [2.05, 4.69) is 10.4 Å². The van der Waals surface area contributed by atoms with Crippen molar-refractivity contribution in [3.05, 3.63) is 47.8 Å². The van der Waals surface area contributed by atoms with Crippen LogP contribution in [-0.2, 0) is 6.54 Å². The summed E-state index contributed by atoms with van der Waals surface area (Å²) in [6.07, 6.45) is 3.13. The van der Waals surface area contributed by atoms with Crippen molar-refractivity contribution in [3.8, 4) is 0 Å². The smallest absolute Gasteiger partial charge is 0.251 e. The minimum atomic E-state index is -1.05. The number of rotatable bonds is 4. The number of carbonyl (C=O) groups is 1. The fraction of sp³-hybridized carbons (Fsp3) is 0.167. The number of hydrogen-bond donors (Lipinski definition) is 2. The van der Waals surface area contributed by atoms with Gasteiger partial charge in [0.05, 0.1) is 18.4 Å². The van der Waals surface area contributed by atoms with Crippen LogP contribution >= 0.6 is 0 Å². The Bertz CT molecular complexity index is 597. The monoisotopic (exact) mass is 266 g/mol. The summed E-state index contributed by atoms with van der Waals surface area (Å²) >= 11 is 0. The average Bonchev–Trinajstić information content (AvgIpc) is 2.78. The standard InChI is InChI=1S/C12H12F2N4O/c13-10-2-1-8(5-11(10)14)12(19)16-3-4-18-7-9(15)6-17-18/h1-2,5-7H,3-4,15H2,(H,16,19). The molecular weight excluding hydrogens is 254 g/mol. The molecule has 1 heterocycles. The highest BCUT2D eigenvalue weighted by Gasteiger charge is 2.09. The Morgan fingerprint density at radius 3 is 2.79 bits per heavy atom. The summed E-state index contributed by atoms with van der Waals surface area (Å²) in [6, 6.07) is 2.99. The van der Waals surface area contributed by atoms with Gasteiger partial charge in [-0.2, -0.15) is 5.10 Å². The third kappa shape index (κ3) is 3.27. The Labute approximate surface area is 108 Å². The van der Waals surface area contributed by atoms with Crippen LogP contribution in [0.25, 0.3) is 0 Å². The van der Waals surface area contributed by atoms with Crippen molar-refractivity contribution in [1.82, 2.24) is 15.1 Å². The molecule has 1 aromatic carbocycles. The number of carbonyl (C=O) groups excluding carboxylic acids is 1. The zero-order valence-corrected chi connectivity index (χ0v) is 9.94. The molecule has 0 fully saturated rings. The first-order valence-electron chi connectivity index (χ1n) is 5.57. The number of anilines is 1. The van der Waals surface area contributed by atoms with Crippen LogP contribution in [0.5, 0.6) is 0 Å². The molecule has 0 bridgehead atoms. The first-order chi connectivity index (χ1) is 9.06. The number of halogens is 2. The maximum Gasteiger partial charge on any atom is 0.251 e. The van der Waals surface area contributed by atoms with Crippen molar-refractivity contribution < 1.29 is 13.6 Å². The number of nitrogens with two attached hydrogens (primary N) is 1. The number of hydrogen-bond acceptors (Lipinski definition) is 3. The van der Waals surface area contributed by atoms with Gasteiger partial charge in [-0.25, -0.2) is 8.78 Å². The van der Waals surface area contributed by atoms with Crippen LogP contribution in [0, 0.1) is 11.6 Å². The highest BCUT2D eigenvalue weighted by atomic mass is 19.2. The summed E-state index contributed by atoms with van der Waals surface area (Å²) in [5, 5.41) is 6.52. The van der Waals surface area contributed by atoms with Crippen molar-refractivity contribution in [1.29, 1.82) is 0 Å². The number of amides is 1. The quantitative estimate of drug-likeness (QED) is 0.872. The van der Waals surface area contributed by atoms with Gasteiger partial charge in [-0.1, -0.05) is 0 Å². The minimum absolute atomic E-state index is 0.0684.